The van der Waals surface area contributed by atoms with Crippen LogP contribution >= 0.6 is 11.6 Å². The number of aromatic carboxylic acids is 1. The van der Waals surface area contributed by atoms with Crippen molar-refractivity contribution in [2.75, 3.05) is 0 Å². The Bertz CT molecular complexity index is 1270. The number of H-pyrrole nitrogens is 1. The van der Waals surface area contributed by atoms with Gasteiger partial charge in [-0.3, -0.25) is 0 Å². The molecule has 0 bridgehead atoms. The van der Waals surface area contributed by atoms with E-state index in [0.29, 0.717) is 11.3 Å². The zero-order chi connectivity index (χ0) is 21.1. The number of nitrogens with zero attached hydrogens (tertiary/aromatic N) is 2. The molecule has 0 aliphatic heterocycles. The Morgan fingerprint density at radius 2 is 1.83 bits per heavy atom. The minimum Gasteiger partial charge on any atom is -0.477 e. The third-order valence-corrected chi connectivity index (χ3v) is 4.58. The Labute approximate surface area is 176 Å². The molecule has 4 aromatic rings. The van der Waals surface area contributed by atoms with Crippen LogP contribution in [0.4, 0.5) is 4.39 Å². The van der Waals surface area contributed by atoms with Gasteiger partial charge in [-0.2, -0.15) is 0 Å². The normalized spacial score (nSPS) is 10.3. The predicted molar refractivity (Wildman–Crippen MR) is 112 cm³/mol. The van der Waals surface area contributed by atoms with Gasteiger partial charge in [0.25, 0.3) is 0 Å². The highest BCUT2D eigenvalue weighted by Gasteiger charge is 2.22. The minimum atomic E-state index is -1.23. The fourth-order valence-corrected chi connectivity index (χ4v) is 3.10. The first-order valence-electron chi connectivity index (χ1n) is 8.84. The second-order valence-corrected chi connectivity index (χ2v) is 6.67. The molecule has 0 saturated heterocycles. The van der Waals surface area contributed by atoms with Gasteiger partial charge in [0, 0.05) is 17.3 Å². The molecule has 2 aromatic heterocycles. The molecular weight excluding hydrogens is 405 g/mol. The van der Waals surface area contributed by atoms with E-state index < -0.39 is 11.8 Å². The number of halogens is 2. The zero-order valence-electron chi connectivity index (χ0n) is 15.4. The molecule has 0 fully saturated rings. The van der Waals surface area contributed by atoms with Crippen LogP contribution in [0.5, 0.6) is 0 Å². The van der Waals surface area contributed by atoms with Gasteiger partial charge in [-0.15, -0.1) is 0 Å². The Morgan fingerprint density at radius 1 is 1.03 bits per heavy atom. The number of aromatic amines is 1. The molecule has 0 spiro atoms. The minimum absolute atomic E-state index is 0.00576. The third kappa shape index (κ3) is 3.93. The van der Waals surface area contributed by atoms with E-state index in [1.54, 1.807) is 12.1 Å². The highest BCUT2D eigenvalue weighted by molar-refractivity contribution is 6.33. The molecule has 2 aromatic carbocycles. The number of carboxylic acid groups (broad SMARTS) is 1. The number of hydrogen-bond donors (Lipinski definition) is 2. The highest BCUT2D eigenvalue weighted by atomic mass is 35.5. The van der Waals surface area contributed by atoms with E-state index in [9.17, 15) is 14.3 Å². The summed E-state index contributed by atoms with van der Waals surface area (Å²) in [7, 11) is 0. The monoisotopic (exact) mass is 417 g/mol. The maximum atomic E-state index is 14.2. The van der Waals surface area contributed by atoms with Gasteiger partial charge >= 0.3 is 5.97 Å². The van der Waals surface area contributed by atoms with Gasteiger partial charge in [0.05, 0.1) is 10.6 Å². The zero-order valence-corrected chi connectivity index (χ0v) is 16.1. The molecule has 0 radical (unpaired) electrons. The fourth-order valence-electron chi connectivity index (χ4n) is 2.84. The first kappa shape index (κ1) is 19.4. The molecule has 2 heterocycles. The third-order valence-electron chi connectivity index (χ3n) is 4.26. The summed E-state index contributed by atoms with van der Waals surface area (Å²) in [4.78, 5) is 22.9. The molecule has 146 valence electrons. The molecule has 0 saturated carbocycles. The Morgan fingerprint density at radius 3 is 2.50 bits per heavy atom. The van der Waals surface area contributed by atoms with Crippen LogP contribution in [0.1, 0.15) is 21.7 Å². The van der Waals surface area contributed by atoms with Crippen LogP contribution < -0.4 is 0 Å². The topological polar surface area (TPSA) is 78.9 Å². The van der Waals surface area contributed by atoms with Gasteiger partial charge in [0.15, 0.2) is 5.69 Å². The van der Waals surface area contributed by atoms with Crippen molar-refractivity contribution in [1.29, 1.82) is 0 Å². The number of aromatic nitrogens is 3. The number of benzene rings is 2. The van der Waals surface area contributed by atoms with Crippen LogP contribution in [0, 0.1) is 17.7 Å². The van der Waals surface area contributed by atoms with Crippen molar-refractivity contribution < 1.29 is 14.3 Å². The summed E-state index contributed by atoms with van der Waals surface area (Å²) >= 11 is 6.08. The maximum absolute atomic E-state index is 14.2. The first-order valence-corrected chi connectivity index (χ1v) is 9.22. The standard InChI is InChI=1S/C23H13ClFN3O2/c24-17-7-4-8-18(25)19(17)22-27-20(21(28-22)23(29)30)15-10-12-16(26-13-15)11-9-14-5-2-1-3-6-14/h1-8,10,12-13H,(H,27,28)(H,29,30). The average molecular weight is 418 g/mol. The summed E-state index contributed by atoms with van der Waals surface area (Å²) in [6.45, 7) is 0. The SMILES string of the molecule is O=C(O)c1[nH]c(-c2c(F)cccc2Cl)nc1-c1ccc(C#Cc2ccccc2)nc1. The van der Waals surface area contributed by atoms with E-state index >= 15 is 0 Å². The largest absolute Gasteiger partial charge is 0.477 e. The molecule has 0 aliphatic carbocycles. The van der Waals surface area contributed by atoms with E-state index in [-0.39, 0.29) is 27.8 Å². The van der Waals surface area contributed by atoms with Crippen molar-refractivity contribution in [3.05, 3.63) is 94.7 Å². The fraction of sp³-hybridized carbons (Fsp3) is 0. The molecule has 0 aliphatic rings. The van der Waals surface area contributed by atoms with Crippen LogP contribution in [0.3, 0.4) is 0 Å². The lowest BCUT2D eigenvalue weighted by molar-refractivity contribution is 0.0692. The van der Waals surface area contributed by atoms with Crippen molar-refractivity contribution in [2.45, 2.75) is 0 Å². The van der Waals surface area contributed by atoms with E-state index in [4.69, 9.17) is 11.6 Å². The second kappa shape index (κ2) is 8.19. The number of pyridine rings is 1. The van der Waals surface area contributed by atoms with E-state index in [0.717, 1.165) is 5.56 Å². The highest BCUT2D eigenvalue weighted by Crippen LogP contribution is 2.32. The predicted octanol–water partition coefficient (Wildman–Crippen LogP) is 5.03. The summed E-state index contributed by atoms with van der Waals surface area (Å²) < 4.78 is 14.2. The van der Waals surface area contributed by atoms with Crippen molar-refractivity contribution in [3.63, 3.8) is 0 Å². The summed E-state index contributed by atoms with van der Waals surface area (Å²) in [5.41, 5.74) is 1.78. The van der Waals surface area contributed by atoms with Gasteiger partial charge in [-0.1, -0.05) is 41.8 Å². The number of hydrogen-bond acceptors (Lipinski definition) is 3. The van der Waals surface area contributed by atoms with Gasteiger partial charge in [-0.05, 0) is 42.3 Å². The first-order chi connectivity index (χ1) is 14.5. The summed E-state index contributed by atoms with van der Waals surface area (Å²) in [6.07, 6.45) is 1.48. The average Bonchev–Trinajstić information content (AvgIpc) is 3.19. The second-order valence-electron chi connectivity index (χ2n) is 6.26. The molecule has 0 atom stereocenters. The lowest BCUT2D eigenvalue weighted by atomic mass is 10.1. The van der Waals surface area contributed by atoms with Crippen LogP contribution in [0.25, 0.3) is 22.6 Å². The Hall–Kier alpha value is -3.95. The van der Waals surface area contributed by atoms with Crippen LogP contribution in [-0.2, 0) is 0 Å². The quantitative estimate of drug-likeness (QED) is 0.458. The number of carbonyl (C=O) groups is 1. The lowest BCUT2D eigenvalue weighted by Gasteiger charge is -2.01. The van der Waals surface area contributed by atoms with E-state index in [1.165, 1.54) is 24.4 Å². The molecule has 5 nitrogen and oxygen atoms in total. The van der Waals surface area contributed by atoms with Gasteiger partial charge in [0.2, 0.25) is 0 Å². The van der Waals surface area contributed by atoms with Crippen molar-refractivity contribution in [1.82, 2.24) is 15.0 Å². The van der Waals surface area contributed by atoms with Gasteiger partial charge in [-0.25, -0.2) is 19.2 Å². The lowest BCUT2D eigenvalue weighted by Crippen LogP contribution is -1.99. The van der Waals surface area contributed by atoms with Gasteiger partial charge < -0.3 is 10.1 Å². The maximum Gasteiger partial charge on any atom is 0.354 e. The van der Waals surface area contributed by atoms with Crippen LogP contribution in [0.15, 0.2) is 66.9 Å². The summed E-state index contributed by atoms with van der Waals surface area (Å²) in [5.74, 6) is 4.14. The Kier molecular flexibility index (Phi) is 5.29. The summed E-state index contributed by atoms with van der Waals surface area (Å²) in [6, 6.07) is 17.0. The molecule has 7 heteroatoms. The van der Waals surface area contributed by atoms with E-state index in [1.807, 2.05) is 30.3 Å². The Balaban J connectivity index is 1.71. The number of imidazole rings is 1. The molecule has 0 amide bonds. The molecule has 30 heavy (non-hydrogen) atoms. The molecular formula is C23H13ClFN3O2. The number of carboxylic acids is 1. The van der Waals surface area contributed by atoms with Crippen LogP contribution in [-0.4, -0.2) is 26.0 Å². The number of nitrogens with one attached hydrogen (secondary N) is 1. The van der Waals surface area contributed by atoms with Crippen molar-refractivity contribution >= 4 is 17.6 Å². The van der Waals surface area contributed by atoms with Gasteiger partial charge in [0.1, 0.15) is 23.0 Å². The smallest absolute Gasteiger partial charge is 0.354 e. The van der Waals surface area contributed by atoms with Crippen LogP contribution in [0.2, 0.25) is 5.02 Å². The molecule has 0 unspecified atom stereocenters. The number of rotatable bonds is 3. The van der Waals surface area contributed by atoms with Crippen molar-refractivity contribution in [2.24, 2.45) is 0 Å². The summed E-state index contributed by atoms with van der Waals surface area (Å²) in [5, 5.41) is 9.67. The van der Waals surface area contributed by atoms with E-state index in [2.05, 4.69) is 26.8 Å². The molecule has 4 rings (SSSR count). The molecule has 2 N–H and O–H groups in total. The van der Waals surface area contributed by atoms with Crippen molar-refractivity contribution in [3.8, 4) is 34.5 Å².